The molecule has 0 saturated carbocycles. The van der Waals surface area contributed by atoms with Gasteiger partial charge in [-0.1, -0.05) is 42.5 Å². The summed E-state index contributed by atoms with van der Waals surface area (Å²) in [5, 5.41) is 2.58. The molecule has 3 rings (SSSR count). The van der Waals surface area contributed by atoms with Crippen molar-refractivity contribution in [1.82, 2.24) is 0 Å². The van der Waals surface area contributed by atoms with Crippen molar-refractivity contribution in [1.29, 1.82) is 0 Å². The summed E-state index contributed by atoms with van der Waals surface area (Å²) in [4.78, 5) is 0. The van der Waals surface area contributed by atoms with Crippen molar-refractivity contribution in [3.63, 3.8) is 0 Å². The second-order valence-corrected chi connectivity index (χ2v) is 5.15. The number of hydrogen-bond donors (Lipinski definition) is 1. The highest BCUT2D eigenvalue weighted by Gasteiger charge is 2.27. The minimum atomic E-state index is 0.424. The molecule has 2 atom stereocenters. The maximum atomic E-state index is 6.11. The number of benzene rings is 1. The van der Waals surface area contributed by atoms with Crippen molar-refractivity contribution in [2.24, 2.45) is 11.7 Å². The van der Waals surface area contributed by atoms with Gasteiger partial charge in [-0.3, -0.25) is 0 Å². The Labute approximate surface area is 99.7 Å². The van der Waals surface area contributed by atoms with E-state index in [1.54, 1.807) is 0 Å². The lowest BCUT2D eigenvalue weighted by Crippen LogP contribution is -2.22. The molecule has 80 valence electrons. The summed E-state index contributed by atoms with van der Waals surface area (Å²) in [6.45, 7) is 0. The topological polar surface area (TPSA) is 26.0 Å². The molecular weight excluding hydrogens is 214 g/mol. The molecule has 0 spiro atoms. The van der Waals surface area contributed by atoms with Crippen molar-refractivity contribution < 1.29 is 0 Å². The molecular formula is C14H13NS. The maximum Gasteiger partial charge on any atom is 0.0581 e. The van der Waals surface area contributed by atoms with E-state index in [2.05, 4.69) is 47.9 Å². The Morgan fingerprint density at radius 2 is 1.94 bits per heavy atom. The van der Waals surface area contributed by atoms with Crippen molar-refractivity contribution in [2.45, 2.75) is 5.25 Å². The molecule has 1 aliphatic carbocycles. The van der Waals surface area contributed by atoms with Crippen molar-refractivity contribution in [3.05, 3.63) is 65.2 Å². The average Bonchev–Trinajstić information content (AvgIpc) is 2.79. The third-order valence-corrected chi connectivity index (χ3v) is 4.20. The van der Waals surface area contributed by atoms with Crippen LogP contribution in [-0.2, 0) is 0 Å². The molecule has 0 fully saturated rings. The predicted octanol–water partition coefficient (Wildman–Crippen LogP) is 3.17. The van der Waals surface area contributed by atoms with E-state index < -0.39 is 0 Å². The van der Waals surface area contributed by atoms with Gasteiger partial charge >= 0.3 is 0 Å². The van der Waals surface area contributed by atoms with Crippen LogP contribution >= 0.6 is 11.8 Å². The molecule has 0 radical (unpaired) electrons. The van der Waals surface area contributed by atoms with Crippen LogP contribution in [0.2, 0.25) is 0 Å². The fraction of sp³-hybridized carbons (Fsp3) is 0.143. The van der Waals surface area contributed by atoms with Crippen molar-refractivity contribution >= 4 is 17.3 Å². The van der Waals surface area contributed by atoms with Crippen LogP contribution in [0.3, 0.4) is 0 Å². The molecule has 2 unspecified atom stereocenters. The lowest BCUT2D eigenvalue weighted by molar-refractivity contribution is 0.811. The van der Waals surface area contributed by atoms with E-state index >= 15 is 0 Å². The Balaban J connectivity index is 2.01. The monoisotopic (exact) mass is 227 g/mol. The molecule has 1 nitrogen and oxygen atoms in total. The molecule has 0 saturated heterocycles. The third kappa shape index (κ3) is 1.59. The van der Waals surface area contributed by atoms with Gasteiger partial charge in [0.05, 0.1) is 5.25 Å². The van der Waals surface area contributed by atoms with Crippen LogP contribution in [0.5, 0.6) is 0 Å². The van der Waals surface area contributed by atoms with Gasteiger partial charge < -0.3 is 5.73 Å². The second kappa shape index (κ2) is 3.87. The van der Waals surface area contributed by atoms with Gasteiger partial charge in [0.15, 0.2) is 0 Å². The molecule has 1 aromatic carbocycles. The minimum absolute atomic E-state index is 0.424. The fourth-order valence-electron chi connectivity index (χ4n) is 2.18. The third-order valence-electron chi connectivity index (χ3n) is 3.01. The first-order valence-corrected chi connectivity index (χ1v) is 6.35. The predicted molar refractivity (Wildman–Crippen MR) is 70.7 cm³/mol. The molecule has 2 heteroatoms. The van der Waals surface area contributed by atoms with Gasteiger partial charge in [0.25, 0.3) is 0 Å². The van der Waals surface area contributed by atoms with E-state index in [9.17, 15) is 0 Å². The van der Waals surface area contributed by atoms with Gasteiger partial charge in [0, 0.05) is 11.6 Å². The Hall–Kier alpha value is -1.41. The maximum absolute atomic E-state index is 6.11. The summed E-state index contributed by atoms with van der Waals surface area (Å²) in [5.74, 6) is 0.463. The number of fused-ring (bicyclic) bond motifs is 1. The molecule has 1 aliphatic heterocycles. The minimum Gasteiger partial charge on any atom is -0.401 e. The largest absolute Gasteiger partial charge is 0.401 e. The molecule has 0 bridgehead atoms. The zero-order valence-electron chi connectivity index (χ0n) is 8.84. The molecule has 1 aromatic rings. The molecule has 0 amide bonds. The van der Waals surface area contributed by atoms with E-state index in [-0.39, 0.29) is 0 Å². The first-order chi connectivity index (χ1) is 7.84. The first kappa shape index (κ1) is 9.79. The normalized spacial score (nSPS) is 27.2. The Bertz CT molecular complexity index is 485. The number of allylic oxidation sites excluding steroid dienone is 4. The molecule has 2 N–H and O–H groups in total. The van der Waals surface area contributed by atoms with Gasteiger partial charge in [0.2, 0.25) is 0 Å². The molecule has 16 heavy (non-hydrogen) atoms. The van der Waals surface area contributed by atoms with Gasteiger partial charge in [-0.2, -0.15) is 0 Å². The molecule has 2 aliphatic rings. The van der Waals surface area contributed by atoms with E-state index in [1.807, 2.05) is 17.8 Å². The summed E-state index contributed by atoms with van der Waals surface area (Å²) in [5.41, 5.74) is 9.58. The Morgan fingerprint density at radius 1 is 1.12 bits per heavy atom. The zero-order chi connectivity index (χ0) is 11.0. The van der Waals surface area contributed by atoms with Crippen LogP contribution < -0.4 is 5.73 Å². The summed E-state index contributed by atoms with van der Waals surface area (Å²) in [6, 6.07) is 10.4. The van der Waals surface area contributed by atoms with Gasteiger partial charge in [0.1, 0.15) is 0 Å². The average molecular weight is 227 g/mol. The van der Waals surface area contributed by atoms with Crippen molar-refractivity contribution in [2.75, 3.05) is 0 Å². The lowest BCUT2D eigenvalue weighted by atomic mass is 9.90. The van der Waals surface area contributed by atoms with Crippen molar-refractivity contribution in [3.8, 4) is 0 Å². The standard InChI is InChI=1S/C14H13NS/c15-13-9-12(10-4-2-1-3-5-10)8-11-6-7-16-14(11)13/h1-9,11,14H,15H2. The Kier molecular flexibility index (Phi) is 2.37. The highest BCUT2D eigenvalue weighted by atomic mass is 32.2. The summed E-state index contributed by atoms with van der Waals surface area (Å²) < 4.78 is 0. The van der Waals surface area contributed by atoms with Gasteiger partial charge in [-0.25, -0.2) is 0 Å². The zero-order valence-corrected chi connectivity index (χ0v) is 9.65. The smallest absolute Gasteiger partial charge is 0.0581 e. The quantitative estimate of drug-likeness (QED) is 0.797. The Morgan fingerprint density at radius 3 is 2.75 bits per heavy atom. The summed E-state index contributed by atoms with van der Waals surface area (Å²) >= 11 is 1.81. The first-order valence-electron chi connectivity index (χ1n) is 5.41. The number of thioether (sulfide) groups is 1. The van der Waals surface area contributed by atoms with Crippen LogP contribution in [0.4, 0.5) is 0 Å². The van der Waals surface area contributed by atoms with Crippen LogP contribution in [-0.4, -0.2) is 5.25 Å². The van der Waals surface area contributed by atoms with Crippen LogP contribution in [0.1, 0.15) is 5.56 Å². The number of hydrogen-bond acceptors (Lipinski definition) is 2. The van der Waals surface area contributed by atoms with Crippen LogP contribution in [0.25, 0.3) is 5.57 Å². The summed E-state index contributed by atoms with van der Waals surface area (Å²) in [7, 11) is 0. The second-order valence-electron chi connectivity index (χ2n) is 4.09. The molecule has 0 aromatic heterocycles. The number of nitrogens with two attached hydrogens (primary N) is 1. The van der Waals surface area contributed by atoms with E-state index in [1.165, 1.54) is 11.1 Å². The van der Waals surface area contributed by atoms with E-state index in [0.29, 0.717) is 11.2 Å². The van der Waals surface area contributed by atoms with Gasteiger partial charge in [-0.15, -0.1) is 11.8 Å². The number of rotatable bonds is 1. The van der Waals surface area contributed by atoms with Crippen LogP contribution in [0, 0.1) is 5.92 Å². The van der Waals surface area contributed by atoms with Crippen LogP contribution in [0.15, 0.2) is 59.7 Å². The highest BCUT2D eigenvalue weighted by molar-refractivity contribution is 8.03. The SMILES string of the molecule is NC1=CC(c2ccccc2)=CC2C=CSC12. The van der Waals surface area contributed by atoms with E-state index in [4.69, 9.17) is 5.73 Å². The lowest BCUT2D eigenvalue weighted by Gasteiger charge is -2.22. The van der Waals surface area contributed by atoms with Gasteiger partial charge in [-0.05, 0) is 22.6 Å². The summed E-state index contributed by atoms with van der Waals surface area (Å²) in [6.07, 6.45) is 6.65. The highest BCUT2D eigenvalue weighted by Crippen LogP contribution is 2.39. The molecule has 1 heterocycles. The van der Waals surface area contributed by atoms with E-state index in [0.717, 1.165) is 5.70 Å². The fourth-order valence-corrected chi connectivity index (χ4v) is 3.20.